The maximum atomic E-state index is 7.55. The number of hydrogen-bond donors (Lipinski definition) is 3. The van der Waals surface area contributed by atoms with Crippen LogP contribution in [0.4, 0.5) is 0 Å². The highest BCUT2D eigenvalue weighted by atomic mass is 35.5. The van der Waals surface area contributed by atoms with E-state index in [4.69, 9.17) is 28.5 Å². The van der Waals surface area contributed by atoms with E-state index < -0.39 is 0 Å². The molecule has 0 amide bonds. The summed E-state index contributed by atoms with van der Waals surface area (Å²) in [6, 6.07) is 0. The van der Waals surface area contributed by atoms with Gasteiger partial charge in [0.1, 0.15) is 11.0 Å². The van der Waals surface area contributed by atoms with E-state index in [2.05, 4.69) is 4.99 Å². The first kappa shape index (κ1) is 14.7. The fraction of sp³-hybridized carbons (Fsp3) is 0.455. The second-order valence-electron chi connectivity index (χ2n) is 3.60. The van der Waals surface area contributed by atoms with E-state index in [0.29, 0.717) is 16.4 Å². The van der Waals surface area contributed by atoms with Gasteiger partial charge in [0.2, 0.25) is 0 Å². The molecule has 5 N–H and O–H groups in total. The third-order valence-electron chi connectivity index (χ3n) is 2.13. The summed E-state index contributed by atoms with van der Waals surface area (Å²) in [5.74, 6) is 0.185. The van der Waals surface area contributed by atoms with Crippen LogP contribution in [-0.2, 0) is 0 Å². The second kappa shape index (κ2) is 6.33. The van der Waals surface area contributed by atoms with Crippen LogP contribution in [0.25, 0.3) is 0 Å². The van der Waals surface area contributed by atoms with Gasteiger partial charge in [0.05, 0.1) is 5.57 Å². The molecule has 0 spiro atoms. The first-order chi connectivity index (χ1) is 7.31. The van der Waals surface area contributed by atoms with Crippen molar-refractivity contribution in [1.29, 1.82) is 5.41 Å². The van der Waals surface area contributed by atoms with Crippen molar-refractivity contribution in [1.82, 2.24) is 0 Å². The Morgan fingerprint density at radius 2 is 1.75 bits per heavy atom. The van der Waals surface area contributed by atoms with Gasteiger partial charge in [0, 0.05) is 11.4 Å². The van der Waals surface area contributed by atoms with Crippen LogP contribution in [0, 0.1) is 5.41 Å². The predicted octanol–water partition coefficient (Wildman–Crippen LogP) is 2.50. The van der Waals surface area contributed by atoms with Gasteiger partial charge < -0.3 is 16.9 Å². The molecule has 4 nitrogen and oxygen atoms in total. The molecular weight excluding hydrogens is 224 g/mol. The number of aliphatic imine (C=N–C) groups is 1. The minimum atomic E-state index is 0.185. The van der Waals surface area contributed by atoms with Crippen molar-refractivity contribution in [3.05, 3.63) is 22.0 Å². The minimum absolute atomic E-state index is 0.185. The number of nitrogens with one attached hydrogen (secondary N) is 1. The van der Waals surface area contributed by atoms with Crippen molar-refractivity contribution >= 4 is 23.1 Å². The van der Waals surface area contributed by atoms with E-state index in [1.165, 1.54) is 0 Å². The second-order valence-corrected chi connectivity index (χ2v) is 3.96. The summed E-state index contributed by atoms with van der Waals surface area (Å²) in [6.07, 6.45) is 0.805. The van der Waals surface area contributed by atoms with Gasteiger partial charge in [-0.15, -0.1) is 0 Å². The molecule has 0 unspecified atom stereocenters. The Balaban J connectivity index is 5.36. The molecule has 0 aromatic rings. The van der Waals surface area contributed by atoms with Gasteiger partial charge in [-0.3, -0.25) is 0 Å². The van der Waals surface area contributed by atoms with Crippen LogP contribution in [0.5, 0.6) is 0 Å². The molecule has 0 radical (unpaired) electrons. The smallest absolute Gasteiger partial charge is 0.135 e. The third-order valence-corrected chi connectivity index (χ3v) is 2.53. The zero-order valence-electron chi connectivity index (χ0n) is 10.2. The lowest BCUT2D eigenvalue weighted by Crippen LogP contribution is -2.23. The minimum Gasteiger partial charge on any atom is -0.402 e. The van der Waals surface area contributed by atoms with Crippen molar-refractivity contribution in [3.63, 3.8) is 0 Å². The standard InChI is InChI=1S/C11H19ClN4/c1-5-6(2)10(12)16-11(15)9(7(3)13)8(4)14/h13H,5,14H2,1-4H3,(H2,15,16)/b9-8+,10-6+,13-7?. The number of allylic oxidation sites excluding steroid dienone is 2. The lowest BCUT2D eigenvalue weighted by Gasteiger charge is -2.07. The van der Waals surface area contributed by atoms with Gasteiger partial charge in [0.15, 0.2) is 0 Å². The topological polar surface area (TPSA) is 88.2 Å². The monoisotopic (exact) mass is 242 g/mol. The molecule has 90 valence electrons. The Morgan fingerprint density at radius 3 is 2.06 bits per heavy atom. The summed E-state index contributed by atoms with van der Waals surface area (Å²) < 4.78 is 0. The molecule has 0 aliphatic rings. The molecule has 0 bridgehead atoms. The van der Waals surface area contributed by atoms with Gasteiger partial charge >= 0.3 is 0 Å². The van der Waals surface area contributed by atoms with Crippen LogP contribution >= 0.6 is 11.6 Å². The van der Waals surface area contributed by atoms with Crippen LogP contribution in [-0.4, -0.2) is 11.5 Å². The number of hydrogen-bond acceptors (Lipinski definition) is 3. The number of nitrogens with two attached hydrogens (primary N) is 2. The Kier molecular flexibility index (Phi) is 5.82. The molecule has 0 aliphatic heterocycles. The van der Waals surface area contributed by atoms with E-state index >= 15 is 0 Å². The molecule has 5 heteroatoms. The summed E-state index contributed by atoms with van der Waals surface area (Å²) in [5.41, 5.74) is 13.5. The Labute approximate surface area is 102 Å². The largest absolute Gasteiger partial charge is 0.402 e. The zero-order valence-corrected chi connectivity index (χ0v) is 10.9. The van der Waals surface area contributed by atoms with Gasteiger partial charge in [-0.1, -0.05) is 18.5 Å². The number of rotatable bonds is 4. The van der Waals surface area contributed by atoms with Crippen molar-refractivity contribution in [2.75, 3.05) is 0 Å². The molecule has 0 saturated heterocycles. The van der Waals surface area contributed by atoms with E-state index in [1.807, 2.05) is 13.8 Å². The summed E-state index contributed by atoms with van der Waals surface area (Å²) in [5, 5.41) is 7.91. The Hall–Kier alpha value is -1.29. The lowest BCUT2D eigenvalue weighted by molar-refractivity contribution is 1.07. The van der Waals surface area contributed by atoms with Crippen molar-refractivity contribution in [3.8, 4) is 0 Å². The van der Waals surface area contributed by atoms with Crippen LogP contribution in [0.2, 0.25) is 0 Å². The van der Waals surface area contributed by atoms with Crippen LogP contribution in [0.15, 0.2) is 27.0 Å². The maximum absolute atomic E-state index is 7.55. The van der Waals surface area contributed by atoms with E-state index in [-0.39, 0.29) is 11.5 Å². The highest BCUT2D eigenvalue weighted by Gasteiger charge is 2.09. The summed E-state index contributed by atoms with van der Waals surface area (Å²) >= 11 is 5.96. The molecule has 0 saturated carbocycles. The molecule has 0 aromatic carbocycles. The molecule has 0 atom stereocenters. The van der Waals surface area contributed by atoms with Crippen LogP contribution in [0.3, 0.4) is 0 Å². The lowest BCUT2D eigenvalue weighted by atomic mass is 10.1. The van der Waals surface area contributed by atoms with Gasteiger partial charge in [-0.25, -0.2) is 4.99 Å². The Bertz CT molecular complexity index is 373. The van der Waals surface area contributed by atoms with Crippen molar-refractivity contribution in [2.45, 2.75) is 34.1 Å². The summed E-state index contributed by atoms with van der Waals surface area (Å²) in [4.78, 5) is 4.05. The Morgan fingerprint density at radius 1 is 1.25 bits per heavy atom. The molecule has 0 heterocycles. The zero-order chi connectivity index (χ0) is 12.9. The number of nitrogens with zero attached hydrogens (tertiary/aromatic N) is 1. The number of amidine groups is 1. The highest BCUT2D eigenvalue weighted by Crippen LogP contribution is 2.15. The van der Waals surface area contributed by atoms with Gasteiger partial charge in [-0.05, 0) is 32.8 Å². The van der Waals surface area contributed by atoms with E-state index in [1.54, 1.807) is 13.8 Å². The van der Waals surface area contributed by atoms with Crippen LogP contribution in [0.1, 0.15) is 34.1 Å². The third kappa shape index (κ3) is 4.06. The molecule has 16 heavy (non-hydrogen) atoms. The molecule has 0 fully saturated rings. The fourth-order valence-corrected chi connectivity index (χ4v) is 1.32. The predicted molar refractivity (Wildman–Crippen MR) is 70.8 cm³/mol. The maximum Gasteiger partial charge on any atom is 0.135 e. The average molecular weight is 243 g/mol. The normalized spacial score (nSPS) is 15.4. The first-order valence-corrected chi connectivity index (χ1v) is 5.40. The SMILES string of the molecule is CC/C(C)=C(Cl)/N=C(N)\C(C(C)=N)=C(/C)N. The van der Waals surface area contributed by atoms with E-state index in [0.717, 1.165) is 12.0 Å². The van der Waals surface area contributed by atoms with Gasteiger partial charge in [0.25, 0.3) is 0 Å². The number of halogens is 1. The van der Waals surface area contributed by atoms with Crippen molar-refractivity contribution in [2.24, 2.45) is 16.5 Å². The molecule has 0 rings (SSSR count). The average Bonchev–Trinajstić information content (AvgIpc) is 2.14. The fourth-order valence-electron chi connectivity index (χ4n) is 1.09. The first-order valence-electron chi connectivity index (χ1n) is 5.02. The molecular formula is C11H19ClN4. The van der Waals surface area contributed by atoms with Crippen molar-refractivity contribution < 1.29 is 0 Å². The van der Waals surface area contributed by atoms with Crippen LogP contribution < -0.4 is 11.5 Å². The quantitative estimate of drug-likeness (QED) is 0.402. The highest BCUT2D eigenvalue weighted by molar-refractivity contribution is 6.31. The molecule has 0 aliphatic carbocycles. The molecule has 0 aromatic heterocycles. The van der Waals surface area contributed by atoms with Gasteiger partial charge in [-0.2, -0.15) is 0 Å². The van der Waals surface area contributed by atoms with E-state index in [9.17, 15) is 0 Å². The summed E-state index contributed by atoms with van der Waals surface area (Å²) in [7, 11) is 0. The summed E-state index contributed by atoms with van der Waals surface area (Å²) in [6.45, 7) is 7.16.